The third-order valence-corrected chi connectivity index (χ3v) is 3.06. The number of aliphatic hydroxyl groups excluding tert-OH is 1. The summed E-state index contributed by atoms with van der Waals surface area (Å²) in [4.78, 5) is 4.19. The van der Waals surface area contributed by atoms with E-state index in [4.69, 9.17) is 5.11 Å². The molecule has 0 amide bonds. The molecule has 0 saturated heterocycles. The second kappa shape index (κ2) is 5.79. The van der Waals surface area contributed by atoms with Gasteiger partial charge in [0.25, 0.3) is 0 Å². The lowest BCUT2D eigenvalue weighted by Gasteiger charge is -1.96. The van der Waals surface area contributed by atoms with Crippen molar-refractivity contribution in [3.8, 4) is 11.4 Å². The van der Waals surface area contributed by atoms with Crippen LogP contribution >= 0.6 is 11.8 Å². The van der Waals surface area contributed by atoms with Gasteiger partial charge in [-0.2, -0.15) is 0 Å². The molecule has 1 heterocycles. The molecule has 17 heavy (non-hydrogen) atoms. The van der Waals surface area contributed by atoms with Crippen LogP contribution in [-0.4, -0.2) is 32.6 Å². The molecule has 0 aliphatic carbocycles. The molecule has 2 aromatic rings. The van der Waals surface area contributed by atoms with Crippen LogP contribution in [0.25, 0.3) is 11.4 Å². The van der Waals surface area contributed by atoms with E-state index in [0.29, 0.717) is 23.0 Å². The Hall–Kier alpha value is -1.40. The van der Waals surface area contributed by atoms with Crippen LogP contribution in [0.5, 0.6) is 0 Å². The minimum absolute atomic E-state index is 0.150. The molecule has 1 aromatic carbocycles. The Balaban J connectivity index is 2.10. The monoisotopic (exact) mass is 253 g/mol. The SMILES string of the molecule is OCCCSc1n[nH]c(-c2ccccc2F)n1. The average Bonchev–Trinajstić information content (AvgIpc) is 2.79. The summed E-state index contributed by atoms with van der Waals surface area (Å²) in [5, 5.41) is 15.9. The molecule has 90 valence electrons. The molecular formula is C11H12FN3OS. The molecule has 0 radical (unpaired) electrons. The third kappa shape index (κ3) is 3.04. The lowest BCUT2D eigenvalue weighted by Crippen LogP contribution is -1.87. The fourth-order valence-corrected chi connectivity index (χ4v) is 2.03. The lowest BCUT2D eigenvalue weighted by molar-refractivity contribution is 0.296. The van der Waals surface area contributed by atoms with Crippen LogP contribution in [0, 0.1) is 5.82 Å². The predicted molar refractivity (Wildman–Crippen MR) is 64.2 cm³/mol. The number of aromatic amines is 1. The van der Waals surface area contributed by atoms with E-state index in [9.17, 15) is 4.39 Å². The van der Waals surface area contributed by atoms with Gasteiger partial charge in [-0.25, -0.2) is 9.37 Å². The van der Waals surface area contributed by atoms with Crippen molar-refractivity contribution < 1.29 is 9.50 Å². The highest BCUT2D eigenvalue weighted by Crippen LogP contribution is 2.21. The van der Waals surface area contributed by atoms with Crippen LogP contribution in [-0.2, 0) is 0 Å². The van der Waals surface area contributed by atoms with Gasteiger partial charge in [-0.15, -0.1) is 5.10 Å². The highest BCUT2D eigenvalue weighted by Gasteiger charge is 2.09. The van der Waals surface area contributed by atoms with Crippen molar-refractivity contribution in [2.75, 3.05) is 12.4 Å². The Bertz CT molecular complexity index is 489. The number of H-pyrrole nitrogens is 1. The van der Waals surface area contributed by atoms with E-state index in [1.165, 1.54) is 17.8 Å². The number of aromatic nitrogens is 3. The summed E-state index contributed by atoms with van der Waals surface area (Å²) in [7, 11) is 0. The Kier molecular flexibility index (Phi) is 4.11. The number of rotatable bonds is 5. The van der Waals surface area contributed by atoms with E-state index < -0.39 is 0 Å². The van der Waals surface area contributed by atoms with Gasteiger partial charge in [-0.1, -0.05) is 23.9 Å². The van der Waals surface area contributed by atoms with Crippen LogP contribution in [0.15, 0.2) is 29.4 Å². The van der Waals surface area contributed by atoms with Crippen molar-refractivity contribution in [2.45, 2.75) is 11.6 Å². The van der Waals surface area contributed by atoms with Gasteiger partial charge in [-0.3, -0.25) is 5.10 Å². The number of nitrogens with one attached hydrogen (secondary N) is 1. The van der Waals surface area contributed by atoms with Crippen molar-refractivity contribution in [1.82, 2.24) is 15.2 Å². The van der Waals surface area contributed by atoms with Gasteiger partial charge < -0.3 is 5.11 Å². The minimum Gasteiger partial charge on any atom is -0.396 e. The van der Waals surface area contributed by atoms with E-state index in [2.05, 4.69) is 15.2 Å². The number of hydrogen-bond acceptors (Lipinski definition) is 4. The number of benzene rings is 1. The van der Waals surface area contributed by atoms with E-state index in [0.717, 1.165) is 5.75 Å². The van der Waals surface area contributed by atoms with Crippen LogP contribution in [0.1, 0.15) is 6.42 Å². The van der Waals surface area contributed by atoms with Gasteiger partial charge in [0.15, 0.2) is 5.82 Å². The molecule has 2 N–H and O–H groups in total. The molecule has 0 fully saturated rings. The summed E-state index contributed by atoms with van der Waals surface area (Å²) in [6.07, 6.45) is 0.689. The molecule has 0 aliphatic rings. The summed E-state index contributed by atoms with van der Waals surface area (Å²) in [6.45, 7) is 0.150. The predicted octanol–water partition coefficient (Wildman–Crippen LogP) is 2.09. The molecular weight excluding hydrogens is 241 g/mol. The quantitative estimate of drug-likeness (QED) is 0.632. The lowest BCUT2D eigenvalue weighted by atomic mass is 10.2. The zero-order chi connectivity index (χ0) is 12.1. The first-order chi connectivity index (χ1) is 8.31. The van der Waals surface area contributed by atoms with Crippen molar-refractivity contribution in [1.29, 1.82) is 0 Å². The maximum Gasteiger partial charge on any atom is 0.208 e. The fraction of sp³-hybridized carbons (Fsp3) is 0.273. The van der Waals surface area contributed by atoms with Crippen LogP contribution < -0.4 is 0 Å². The largest absolute Gasteiger partial charge is 0.396 e. The van der Waals surface area contributed by atoms with Crippen molar-refractivity contribution in [3.05, 3.63) is 30.1 Å². The Labute approximate surface area is 102 Å². The van der Waals surface area contributed by atoms with Crippen LogP contribution in [0.2, 0.25) is 0 Å². The summed E-state index contributed by atoms with van der Waals surface area (Å²) in [6, 6.07) is 6.42. The standard InChI is InChI=1S/C11H12FN3OS/c12-9-5-2-1-4-8(9)10-13-11(15-14-10)17-7-3-6-16/h1-2,4-5,16H,3,6-7H2,(H,13,14,15). The molecule has 4 nitrogen and oxygen atoms in total. The molecule has 0 spiro atoms. The molecule has 2 rings (SSSR count). The maximum absolute atomic E-state index is 13.5. The number of aliphatic hydroxyl groups is 1. The Morgan fingerprint density at radius 3 is 2.94 bits per heavy atom. The molecule has 0 bridgehead atoms. The Morgan fingerprint density at radius 1 is 1.35 bits per heavy atom. The normalized spacial score (nSPS) is 10.7. The van der Waals surface area contributed by atoms with Gasteiger partial charge in [0.2, 0.25) is 5.16 Å². The summed E-state index contributed by atoms with van der Waals surface area (Å²) >= 11 is 1.43. The molecule has 0 unspecified atom stereocenters. The van der Waals surface area contributed by atoms with Crippen molar-refractivity contribution >= 4 is 11.8 Å². The summed E-state index contributed by atoms with van der Waals surface area (Å²) in [5.74, 6) is 0.843. The zero-order valence-electron chi connectivity index (χ0n) is 9.06. The first kappa shape index (κ1) is 12.1. The first-order valence-corrected chi connectivity index (χ1v) is 6.21. The molecule has 0 saturated carbocycles. The zero-order valence-corrected chi connectivity index (χ0v) is 9.88. The van der Waals surface area contributed by atoms with Gasteiger partial charge in [-0.05, 0) is 18.6 Å². The first-order valence-electron chi connectivity index (χ1n) is 5.22. The second-order valence-corrected chi connectivity index (χ2v) is 4.43. The van der Waals surface area contributed by atoms with Gasteiger partial charge in [0, 0.05) is 12.4 Å². The highest BCUT2D eigenvalue weighted by molar-refractivity contribution is 7.99. The summed E-state index contributed by atoms with van der Waals surface area (Å²) in [5.41, 5.74) is 0.411. The second-order valence-electron chi connectivity index (χ2n) is 3.37. The highest BCUT2D eigenvalue weighted by atomic mass is 32.2. The average molecular weight is 253 g/mol. The molecule has 6 heteroatoms. The number of hydrogen-bond donors (Lipinski definition) is 2. The fourth-order valence-electron chi connectivity index (χ4n) is 1.31. The van der Waals surface area contributed by atoms with Crippen molar-refractivity contribution in [2.24, 2.45) is 0 Å². The minimum atomic E-state index is -0.324. The van der Waals surface area contributed by atoms with E-state index in [1.807, 2.05) is 0 Å². The molecule has 0 aliphatic heterocycles. The number of halogens is 1. The topological polar surface area (TPSA) is 61.8 Å². The van der Waals surface area contributed by atoms with E-state index in [-0.39, 0.29) is 12.4 Å². The van der Waals surface area contributed by atoms with Gasteiger partial charge >= 0.3 is 0 Å². The molecule has 1 aromatic heterocycles. The van der Waals surface area contributed by atoms with Crippen molar-refractivity contribution in [3.63, 3.8) is 0 Å². The molecule has 0 atom stereocenters. The summed E-state index contributed by atoms with van der Waals surface area (Å²) < 4.78 is 13.5. The van der Waals surface area contributed by atoms with Gasteiger partial charge in [0.05, 0.1) is 5.56 Å². The van der Waals surface area contributed by atoms with Crippen LogP contribution in [0.3, 0.4) is 0 Å². The van der Waals surface area contributed by atoms with E-state index in [1.54, 1.807) is 18.2 Å². The third-order valence-electron chi connectivity index (χ3n) is 2.13. The number of nitrogens with zero attached hydrogens (tertiary/aromatic N) is 2. The smallest absolute Gasteiger partial charge is 0.208 e. The number of thioether (sulfide) groups is 1. The Morgan fingerprint density at radius 2 is 2.18 bits per heavy atom. The van der Waals surface area contributed by atoms with Crippen LogP contribution in [0.4, 0.5) is 4.39 Å². The van der Waals surface area contributed by atoms with Gasteiger partial charge in [0.1, 0.15) is 5.82 Å². The van der Waals surface area contributed by atoms with E-state index >= 15 is 0 Å². The maximum atomic E-state index is 13.5.